The Balaban J connectivity index is -0.000000162. The summed E-state index contributed by atoms with van der Waals surface area (Å²) in [6, 6.07) is -0.898. The molecule has 0 aromatic carbocycles. The first kappa shape index (κ1) is 34.7. The summed E-state index contributed by atoms with van der Waals surface area (Å²) >= 11 is 0. The monoisotopic (exact) mass is 470 g/mol. The Morgan fingerprint density at radius 2 is 1.04 bits per heavy atom. The van der Waals surface area contributed by atoms with E-state index in [0.717, 1.165) is 0 Å². The molecule has 10 nitrogen and oxygen atoms in total. The van der Waals surface area contributed by atoms with Gasteiger partial charge >= 0.3 is 29.0 Å². The standard InChI is InChI=1S/2C8H17NO2.Fe.H2O4S/c2*1-4-11-8(10)7(9)5-6(2)3;;1-5(2,3)4/h2*6-7H,4-5,9H2,1-3H3;;(H2,1,2,3,4)/q;;+2;/p-2. The van der Waals surface area contributed by atoms with Gasteiger partial charge in [0.2, 0.25) is 0 Å². The first-order valence-electron chi connectivity index (χ1n) is 8.66. The van der Waals surface area contributed by atoms with Crippen molar-refractivity contribution < 1.29 is 53.7 Å². The Labute approximate surface area is 179 Å². The number of carbonyl (C=O) groups is 2. The average Bonchev–Trinajstić information content (AvgIpc) is 2.45. The number of nitrogens with two attached hydrogens (primary N) is 2. The molecule has 0 radical (unpaired) electrons. The molecule has 2 atom stereocenters. The largest absolute Gasteiger partial charge is 2.00 e. The van der Waals surface area contributed by atoms with E-state index in [0.29, 0.717) is 37.9 Å². The summed E-state index contributed by atoms with van der Waals surface area (Å²) in [4.78, 5) is 21.9. The maximum atomic E-state index is 10.9. The minimum atomic E-state index is -5.17. The fourth-order valence-electron chi connectivity index (χ4n) is 1.71. The summed E-state index contributed by atoms with van der Waals surface area (Å²) in [5.41, 5.74) is 11.1. The van der Waals surface area contributed by atoms with E-state index in [4.69, 9.17) is 38.5 Å². The van der Waals surface area contributed by atoms with E-state index in [1.807, 2.05) is 27.7 Å². The smallest absolute Gasteiger partial charge is 0.759 e. The molecule has 0 aliphatic heterocycles. The van der Waals surface area contributed by atoms with Gasteiger partial charge in [0.15, 0.2) is 0 Å². The normalized spacial score (nSPS) is 12.4. The number of ether oxygens (including phenoxy) is 2. The van der Waals surface area contributed by atoms with Gasteiger partial charge in [-0.05, 0) is 38.5 Å². The van der Waals surface area contributed by atoms with Gasteiger partial charge in [0.25, 0.3) is 0 Å². The van der Waals surface area contributed by atoms with E-state index in [-0.39, 0.29) is 29.0 Å². The van der Waals surface area contributed by atoms with Crippen LogP contribution >= 0.6 is 0 Å². The van der Waals surface area contributed by atoms with Crippen molar-refractivity contribution in [2.45, 2.75) is 66.5 Å². The molecule has 0 bridgehead atoms. The van der Waals surface area contributed by atoms with Crippen LogP contribution < -0.4 is 11.5 Å². The van der Waals surface area contributed by atoms with Crippen LogP contribution in [0.2, 0.25) is 0 Å². The molecular weight excluding hydrogens is 436 g/mol. The van der Waals surface area contributed by atoms with E-state index < -0.39 is 22.5 Å². The predicted octanol–water partition coefficient (Wildman–Crippen LogP) is 0.505. The minimum absolute atomic E-state index is 0. The van der Waals surface area contributed by atoms with E-state index >= 15 is 0 Å². The molecule has 170 valence electrons. The van der Waals surface area contributed by atoms with Crippen LogP contribution in [0.25, 0.3) is 0 Å². The van der Waals surface area contributed by atoms with E-state index in [1.165, 1.54) is 0 Å². The van der Waals surface area contributed by atoms with E-state index in [2.05, 4.69) is 0 Å². The molecule has 0 aliphatic rings. The topological polar surface area (TPSA) is 185 Å². The molecule has 0 heterocycles. The van der Waals surface area contributed by atoms with Crippen molar-refractivity contribution in [3.8, 4) is 0 Å². The zero-order valence-electron chi connectivity index (χ0n) is 17.3. The average molecular weight is 470 g/mol. The third-order valence-corrected chi connectivity index (χ3v) is 2.63. The zero-order valence-corrected chi connectivity index (χ0v) is 19.2. The minimum Gasteiger partial charge on any atom is -0.759 e. The van der Waals surface area contributed by atoms with Crippen molar-refractivity contribution >= 4 is 22.3 Å². The molecular formula is C16H34FeN2O8S. The number of hydrogen-bond donors (Lipinski definition) is 2. The molecule has 28 heavy (non-hydrogen) atoms. The van der Waals surface area contributed by atoms with Gasteiger partial charge in [0.05, 0.1) is 13.2 Å². The Hall–Kier alpha value is -0.751. The van der Waals surface area contributed by atoms with Crippen molar-refractivity contribution in [2.75, 3.05) is 13.2 Å². The molecule has 2 unspecified atom stereocenters. The number of carbonyl (C=O) groups excluding carboxylic acids is 2. The molecule has 0 amide bonds. The summed E-state index contributed by atoms with van der Waals surface area (Å²) < 4.78 is 43.6. The van der Waals surface area contributed by atoms with E-state index in [1.54, 1.807) is 13.8 Å². The molecule has 12 heteroatoms. The zero-order chi connectivity index (χ0) is 22.2. The first-order valence-corrected chi connectivity index (χ1v) is 9.99. The summed E-state index contributed by atoms with van der Waals surface area (Å²) in [6.07, 6.45) is 1.39. The molecule has 0 fully saturated rings. The van der Waals surface area contributed by atoms with Crippen LogP contribution in [0, 0.1) is 11.8 Å². The van der Waals surface area contributed by atoms with Crippen molar-refractivity contribution in [2.24, 2.45) is 23.3 Å². The SMILES string of the molecule is CCOC(=O)C(N)CC(C)C.CCOC(=O)C(N)CC(C)C.O=S(=O)([O-])[O-].[Fe+2]. The molecule has 0 saturated carbocycles. The number of esters is 2. The second-order valence-electron chi connectivity index (χ2n) is 6.38. The number of hydrogen-bond acceptors (Lipinski definition) is 10. The van der Waals surface area contributed by atoms with Gasteiger partial charge in [-0.3, -0.25) is 18.0 Å². The van der Waals surface area contributed by atoms with Crippen LogP contribution in [0.5, 0.6) is 0 Å². The Kier molecular flexibility index (Phi) is 24.3. The maximum absolute atomic E-state index is 10.9. The van der Waals surface area contributed by atoms with Crippen molar-refractivity contribution in [3.05, 3.63) is 0 Å². The summed E-state index contributed by atoms with van der Waals surface area (Å²) in [5, 5.41) is 0. The summed E-state index contributed by atoms with van der Waals surface area (Å²) in [7, 11) is -5.17. The molecule has 0 saturated heterocycles. The van der Waals surface area contributed by atoms with Crippen molar-refractivity contribution in [3.63, 3.8) is 0 Å². The van der Waals surface area contributed by atoms with Crippen LogP contribution in [0.4, 0.5) is 0 Å². The molecule has 0 rings (SSSR count). The molecule has 0 aromatic rings. The van der Waals surface area contributed by atoms with Gasteiger partial charge in [-0.1, -0.05) is 27.7 Å². The van der Waals surface area contributed by atoms with Crippen LogP contribution in [0.15, 0.2) is 0 Å². The second kappa shape index (κ2) is 19.6. The molecule has 0 aliphatic carbocycles. The predicted molar refractivity (Wildman–Crippen MR) is 98.6 cm³/mol. The van der Waals surface area contributed by atoms with Gasteiger partial charge in [0.1, 0.15) is 12.1 Å². The van der Waals surface area contributed by atoms with Gasteiger partial charge in [-0.25, -0.2) is 0 Å². The van der Waals surface area contributed by atoms with E-state index in [9.17, 15) is 9.59 Å². The molecule has 0 spiro atoms. The third-order valence-electron chi connectivity index (χ3n) is 2.63. The van der Waals surface area contributed by atoms with Crippen molar-refractivity contribution in [1.29, 1.82) is 0 Å². The molecule has 4 N–H and O–H groups in total. The Morgan fingerprint density at radius 1 is 0.821 bits per heavy atom. The molecule has 0 aromatic heterocycles. The van der Waals surface area contributed by atoms with Gasteiger partial charge < -0.3 is 30.0 Å². The van der Waals surface area contributed by atoms with Crippen LogP contribution in [-0.2, 0) is 46.5 Å². The quantitative estimate of drug-likeness (QED) is 0.219. The second-order valence-corrected chi connectivity index (χ2v) is 7.20. The van der Waals surface area contributed by atoms with Gasteiger partial charge in [-0.2, -0.15) is 0 Å². The maximum Gasteiger partial charge on any atom is 2.00 e. The number of rotatable bonds is 8. The van der Waals surface area contributed by atoms with Crippen LogP contribution in [0.3, 0.4) is 0 Å². The fraction of sp³-hybridized carbons (Fsp3) is 0.875. The summed E-state index contributed by atoms with van der Waals surface area (Å²) in [5.74, 6) is 0.297. The fourth-order valence-corrected chi connectivity index (χ4v) is 1.71. The Morgan fingerprint density at radius 3 is 1.18 bits per heavy atom. The Bertz CT molecular complexity index is 463. The summed E-state index contributed by atoms with van der Waals surface area (Å²) in [6.45, 7) is 12.5. The van der Waals surface area contributed by atoms with Gasteiger partial charge in [0, 0.05) is 10.4 Å². The first-order chi connectivity index (χ1) is 12.1. The van der Waals surface area contributed by atoms with Crippen LogP contribution in [0.1, 0.15) is 54.4 Å². The van der Waals surface area contributed by atoms with Crippen molar-refractivity contribution in [1.82, 2.24) is 0 Å². The van der Waals surface area contributed by atoms with Crippen LogP contribution in [-0.4, -0.2) is 54.8 Å². The van der Waals surface area contributed by atoms with Gasteiger partial charge in [-0.15, -0.1) is 0 Å². The third kappa shape index (κ3) is 32.9.